The first-order valence-corrected chi connectivity index (χ1v) is 10.5. The van der Waals surface area contributed by atoms with Crippen LogP contribution < -0.4 is 10.1 Å². The van der Waals surface area contributed by atoms with Crippen LogP contribution in [0, 0.1) is 0 Å². The molecule has 1 fully saturated rings. The van der Waals surface area contributed by atoms with Gasteiger partial charge in [-0.05, 0) is 24.5 Å². The van der Waals surface area contributed by atoms with Gasteiger partial charge in [-0.2, -0.15) is 0 Å². The number of ether oxygens (including phenoxy) is 1. The molecule has 1 N–H and O–H groups in total. The molecule has 1 aromatic carbocycles. The van der Waals surface area contributed by atoms with Crippen molar-refractivity contribution in [1.29, 1.82) is 0 Å². The fourth-order valence-electron chi connectivity index (χ4n) is 3.49. The van der Waals surface area contributed by atoms with Crippen molar-refractivity contribution in [2.24, 2.45) is 4.99 Å². The van der Waals surface area contributed by atoms with Crippen LogP contribution in [0.5, 0.6) is 5.75 Å². The second kappa shape index (κ2) is 10.9. The average Bonchev–Trinajstić information content (AvgIpc) is 3.24. The van der Waals surface area contributed by atoms with Gasteiger partial charge in [-0.15, -0.1) is 0 Å². The summed E-state index contributed by atoms with van der Waals surface area (Å²) in [5.41, 5.74) is 2.23. The van der Waals surface area contributed by atoms with Crippen LogP contribution in [0.15, 0.2) is 46.1 Å². The Morgan fingerprint density at radius 2 is 2.00 bits per heavy atom. The average molecular weight is 400 g/mol. The van der Waals surface area contributed by atoms with Crippen LogP contribution in [0.25, 0.3) is 0 Å². The van der Waals surface area contributed by atoms with Gasteiger partial charge in [0.2, 0.25) is 0 Å². The maximum atomic E-state index is 6.01. The maximum absolute atomic E-state index is 6.01. The van der Waals surface area contributed by atoms with E-state index in [0.29, 0.717) is 19.1 Å². The molecular weight excluding hydrogens is 366 g/mol. The quantitative estimate of drug-likeness (QED) is 0.418. The van der Waals surface area contributed by atoms with Gasteiger partial charge in [0, 0.05) is 45.3 Å². The number of benzene rings is 1. The van der Waals surface area contributed by atoms with Gasteiger partial charge in [0.25, 0.3) is 0 Å². The highest BCUT2D eigenvalue weighted by Crippen LogP contribution is 2.25. The molecule has 0 amide bonds. The van der Waals surface area contributed by atoms with Crippen molar-refractivity contribution in [2.75, 3.05) is 45.9 Å². The molecular formula is C22H33N5O2. The molecule has 0 saturated carbocycles. The highest BCUT2D eigenvalue weighted by atomic mass is 16.5. The van der Waals surface area contributed by atoms with Crippen LogP contribution in [0.2, 0.25) is 0 Å². The normalized spacial score (nSPS) is 15.7. The minimum absolute atomic E-state index is 0.445. The highest BCUT2D eigenvalue weighted by molar-refractivity contribution is 5.80. The standard InChI is InChI=1S/C22H33N5O2/c1-4-23-22(24-10-16-28-21-8-6-5-7-20(21)18(2)3)27-13-11-26(12-14-27)17-19-9-15-29-25-19/h5-9,15,18H,4,10-14,16-17H2,1-3H3,(H,23,24). The highest BCUT2D eigenvalue weighted by Gasteiger charge is 2.20. The Labute approximate surface area is 173 Å². The molecule has 3 rings (SSSR count). The van der Waals surface area contributed by atoms with E-state index in [-0.39, 0.29) is 0 Å². The van der Waals surface area contributed by atoms with E-state index >= 15 is 0 Å². The van der Waals surface area contributed by atoms with Crippen LogP contribution in [-0.4, -0.2) is 66.8 Å². The summed E-state index contributed by atoms with van der Waals surface area (Å²) >= 11 is 0. The first-order valence-electron chi connectivity index (χ1n) is 10.5. The summed E-state index contributed by atoms with van der Waals surface area (Å²) in [6.07, 6.45) is 1.63. The van der Waals surface area contributed by atoms with Gasteiger partial charge in [0.1, 0.15) is 18.6 Å². The molecule has 0 unspecified atom stereocenters. The lowest BCUT2D eigenvalue weighted by Gasteiger charge is -2.36. The molecule has 29 heavy (non-hydrogen) atoms. The number of guanidine groups is 1. The first-order chi connectivity index (χ1) is 14.2. The Kier molecular flexibility index (Phi) is 7.93. The summed E-state index contributed by atoms with van der Waals surface area (Å²) in [7, 11) is 0. The van der Waals surface area contributed by atoms with E-state index in [1.165, 1.54) is 5.56 Å². The van der Waals surface area contributed by atoms with Crippen molar-refractivity contribution in [3.05, 3.63) is 47.9 Å². The van der Waals surface area contributed by atoms with Gasteiger partial charge in [0.15, 0.2) is 5.96 Å². The number of hydrogen-bond acceptors (Lipinski definition) is 5. The SMILES string of the molecule is CCNC(=NCCOc1ccccc1C(C)C)N1CCN(Cc2ccon2)CC1. The number of aromatic nitrogens is 1. The van der Waals surface area contributed by atoms with Crippen molar-refractivity contribution in [3.8, 4) is 5.75 Å². The summed E-state index contributed by atoms with van der Waals surface area (Å²) in [4.78, 5) is 9.51. The fourth-order valence-corrected chi connectivity index (χ4v) is 3.49. The van der Waals surface area contributed by atoms with Crippen molar-refractivity contribution in [2.45, 2.75) is 33.2 Å². The van der Waals surface area contributed by atoms with Crippen LogP contribution >= 0.6 is 0 Å². The number of nitrogens with one attached hydrogen (secondary N) is 1. The lowest BCUT2D eigenvalue weighted by atomic mass is 10.0. The Balaban J connectivity index is 1.49. The predicted molar refractivity (Wildman–Crippen MR) is 115 cm³/mol. The molecule has 2 heterocycles. The van der Waals surface area contributed by atoms with Crippen molar-refractivity contribution in [1.82, 2.24) is 20.3 Å². The molecule has 1 saturated heterocycles. The molecule has 0 aliphatic carbocycles. The molecule has 0 radical (unpaired) electrons. The van der Waals surface area contributed by atoms with Crippen molar-refractivity contribution in [3.63, 3.8) is 0 Å². The second-order valence-electron chi connectivity index (χ2n) is 7.53. The Morgan fingerprint density at radius 3 is 2.69 bits per heavy atom. The zero-order valence-corrected chi connectivity index (χ0v) is 17.8. The minimum Gasteiger partial charge on any atom is -0.491 e. The van der Waals surface area contributed by atoms with Crippen LogP contribution in [-0.2, 0) is 6.54 Å². The van der Waals surface area contributed by atoms with Crippen molar-refractivity contribution >= 4 is 5.96 Å². The fraction of sp³-hybridized carbons (Fsp3) is 0.545. The lowest BCUT2D eigenvalue weighted by molar-refractivity contribution is 0.169. The second-order valence-corrected chi connectivity index (χ2v) is 7.53. The topological polar surface area (TPSA) is 66.1 Å². The van der Waals surface area contributed by atoms with Crippen LogP contribution in [0.4, 0.5) is 0 Å². The van der Waals surface area contributed by atoms with Crippen LogP contribution in [0.3, 0.4) is 0 Å². The molecule has 0 bridgehead atoms. The molecule has 2 aromatic rings. The van der Waals surface area contributed by atoms with Crippen molar-refractivity contribution < 1.29 is 9.26 Å². The molecule has 1 aromatic heterocycles. The predicted octanol–water partition coefficient (Wildman–Crippen LogP) is 2.96. The monoisotopic (exact) mass is 399 g/mol. The Morgan fingerprint density at radius 1 is 1.21 bits per heavy atom. The van der Waals surface area contributed by atoms with E-state index < -0.39 is 0 Å². The van der Waals surface area contributed by atoms with Gasteiger partial charge in [-0.3, -0.25) is 4.90 Å². The van der Waals surface area contributed by atoms with E-state index in [0.717, 1.165) is 56.7 Å². The number of aliphatic imine (C=N–C) groups is 1. The maximum Gasteiger partial charge on any atom is 0.194 e. The van der Waals surface area contributed by atoms with Gasteiger partial charge in [0.05, 0.1) is 12.2 Å². The molecule has 1 aliphatic heterocycles. The van der Waals surface area contributed by atoms with Gasteiger partial charge in [-0.1, -0.05) is 37.2 Å². The first kappa shape index (κ1) is 21.2. The molecule has 7 nitrogen and oxygen atoms in total. The van der Waals surface area contributed by atoms with Crippen LogP contribution in [0.1, 0.15) is 37.9 Å². The van der Waals surface area contributed by atoms with Gasteiger partial charge < -0.3 is 19.5 Å². The van der Waals surface area contributed by atoms with Gasteiger partial charge in [-0.25, -0.2) is 4.99 Å². The van der Waals surface area contributed by atoms with E-state index in [9.17, 15) is 0 Å². The van der Waals surface area contributed by atoms with E-state index in [2.05, 4.69) is 53.2 Å². The molecule has 7 heteroatoms. The number of piperazine rings is 1. The zero-order valence-electron chi connectivity index (χ0n) is 17.8. The zero-order chi connectivity index (χ0) is 20.5. The molecule has 158 valence electrons. The third kappa shape index (κ3) is 6.22. The Hall–Kier alpha value is -2.54. The summed E-state index contributed by atoms with van der Waals surface area (Å²) in [5, 5.41) is 7.42. The number of hydrogen-bond donors (Lipinski definition) is 1. The summed E-state index contributed by atoms with van der Waals surface area (Å²) in [6, 6.07) is 10.2. The third-order valence-corrected chi connectivity index (χ3v) is 5.04. The summed E-state index contributed by atoms with van der Waals surface area (Å²) < 4.78 is 10.9. The third-order valence-electron chi connectivity index (χ3n) is 5.04. The van der Waals surface area contributed by atoms with Gasteiger partial charge >= 0.3 is 0 Å². The largest absolute Gasteiger partial charge is 0.491 e. The molecule has 0 spiro atoms. The number of para-hydroxylation sites is 1. The van der Waals surface area contributed by atoms with E-state index in [1.54, 1.807) is 6.26 Å². The lowest BCUT2D eigenvalue weighted by Crippen LogP contribution is -2.52. The molecule has 0 atom stereocenters. The van der Waals surface area contributed by atoms with E-state index in [1.807, 2.05) is 18.2 Å². The smallest absolute Gasteiger partial charge is 0.194 e. The molecule has 1 aliphatic rings. The summed E-state index contributed by atoms with van der Waals surface area (Å²) in [5.74, 6) is 2.37. The van der Waals surface area contributed by atoms with E-state index in [4.69, 9.17) is 14.3 Å². The minimum atomic E-state index is 0.445. The Bertz CT molecular complexity index is 752. The number of rotatable bonds is 8. The number of nitrogens with zero attached hydrogens (tertiary/aromatic N) is 4. The summed E-state index contributed by atoms with van der Waals surface area (Å²) in [6.45, 7) is 13.2.